The average Bonchev–Trinajstić information content (AvgIpc) is 3.37. The van der Waals surface area contributed by atoms with Gasteiger partial charge in [-0.25, -0.2) is 9.97 Å². The Morgan fingerprint density at radius 3 is 2.61 bits per heavy atom. The van der Waals surface area contributed by atoms with Crippen LogP contribution in [0, 0.1) is 10.1 Å². The molecular formula is C26H24N6O4. The molecule has 3 aromatic carbocycles. The lowest BCUT2D eigenvalue weighted by atomic mass is 10.1. The second kappa shape index (κ2) is 9.31. The van der Waals surface area contributed by atoms with Crippen molar-refractivity contribution < 1.29 is 14.4 Å². The number of aromatic nitrogens is 2. The van der Waals surface area contributed by atoms with Gasteiger partial charge in [-0.3, -0.25) is 15.0 Å². The van der Waals surface area contributed by atoms with Gasteiger partial charge in [0, 0.05) is 43.8 Å². The predicted molar refractivity (Wildman–Crippen MR) is 136 cm³/mol. The lowest BCUT2D eigenvalue weighted by Gasteiger charge is -2.35. The van der Waals surface area contributed by atoms with E-state index in [-0.39, 0.29) is 18.3 Å². The van der Waals surface area contributed by atoms with Gasteiger partial charge in [0.1, 0.15) is 6.33 Å². The van der Waals surface area contributed by atoms with Crippen molar-refractivity contribution in [2.24, 2.45) is 0 Å². The van der Waals surface area contributed by atoms with Crippen molar-refractivity contribution >= 4 is 33.8 Å². The molecule has 2 aliphatic heterocycles. The normalized spacial score (nSPS) is 15.3. The Kier molecular flexibility index (Phi) is 5.70. The Labute approximate surface area is 207 Å². The monoisotopic (exact) mass is 484 g/mol. The van der Waals surface area contributed by atoms with Crippen molar-refractivity contribution in [1.82, 2.24) is 14.9 Å². The maximum Gasteiger partial charge on any atom is 0.353 e. The summed E-state index contributed by atoms with van der Waals surface area (Å²) in [7, 11) is 0. The number of nitro groups is 1. The Bertz CT molecular complexity index is 1430. The zero-order valence-corrected chi connectivity index (χ0v) is 19.5. The zero-order chi connectivity index (χ0) is 24.5. The fourth-order valence-corrected chi connectivity index (χ4v) is 4.74. The third-order valence-corrected chi connectivity index (χ3v) is 6.54. The molecule has 1 aromatic heterocycles. The Morgan fingerprint density at radius 2 is 1.75 bits per heavy atom. The van der Waals surface area contributed by atoms with Gasteiger partial charge >= 0.3 is 5.69 Å². The first kappa shape index (κ1) is 22.1. The highest BCUT2D eigenvalue weighted by Crippen LogP contribution is 2.36. The number of benzene rings is 3. The van der Waals surface area contributed by atoms with Crippen LogP contribution in [0.25, 0.3) is 10.8 Å². The van der Waals surface area contributed by atoms with Gasteiger partial charge in [-0.15, -0.1) is 0 Å². The second-order valence-electron chi connectivity index (χ2n) is 8.75. The van der Waals surface area contributed by atoms with Crippen molar-refractivity contribution in [3.63, 3.8) is 0 Å². The molecular weight excluding hydrogens is 460 g/mol. The van der Waals surface area contributed by atoms with Crippen LogP contribution in [0.15, 0.2) is 67.0 Å². The van der Waals surface area contributed by atoms with E-state index in [1.165, 1.54) is 6.33 Å². The molecule has 3 heterocycles. The van der Waals surface area contributed by atoms with Crippen molar-refractivity contribution in [2.45, 2.75) is 6.54 Å². The summed E-state index contributed by atoms with van der Waals surface area (Å²) >= 11 is 0. The molecule has 1 fully saturated rings. The van der Waals surface area contributed by atoms with E-state index >= 15 is 0 Å². The van der Waals surface area contributed by atoms with Gasteiger partial charge in [-0.1, -0.05) is 42.5 Å². The molecule has 0 amide bonds. The number of hydrogen-bond donors (Lipinski definition) is 1. The van der Waals surface area contributed by atoms with E-state index in [2.05, 4.69) is 20.2 Å². The summed E-state index contributed by atoms with van der Waals surface area (Å²) in [5.41, 5.74) is 1.78. The molecule has 6 rings (SSSR count). The summed E-state index contributed by atoms with van der Waals surface area (Å²) in [5.74, 6) is 2.06. The SMILES string of the molecule is O=[N+]([O-])c1c(Nc2cccc3ccccc23)ncnc1N1CCN(Cc2ccc3c(c2)OCO3)CC1. The topological polar surface area (TPSA) is 106 Å². The first-order chi connectivity index (χ1) is 17.7. The molecule has 2 aliphatic rings. The highest BCUT2D eigenvalue weighted by molar-refractivity contribution is 5.96. The molecule has 1 saturated heterocycles. The number of anilines is 3. The summed E-state index contributed by atoms with van der Waals surface area (Å²) in [6.07, 6.45) is 1.38. The summed E-state index contributed by atoms with van der Waals surface area (Å²) in [6, 6.07) is 19.7. The number of hydrogen-bond acceptors (Lipinski definition) is 9. The van der Waals surface area contributed by atoms with Crippen LogP contribution in [0.4, 0.5) is 23.0 Å². The molecule has 1 N–H and O–H groups in total. The smallest absolute Gasteiger partial charge is 0.353 e. The summed E-state index contributed by atoms with van der Waals surface area (Å²) < 4.78 is 10.9. The zero-order valence-electron chi connectivity index (χ0n) is 19.5. The van der Waals surface area contributed by atoms with Crippen LogP contribution in [0.2, 0.25) is 0 Å². The van der Waals surface area contributed by atoms with Gasteiger partial charge in [0.05, 0.1) is 4.92 Å². The van der Waals surface area contributed by atoms with E-state index < -0.39 is 4.92 Å². The van der Waals surface area contributed by atoms with Crippen LogP contribution >= 0.6 is 0 Å². The number of nitrogens with one attached hydrogen (secondary N) is 1. The van der Waals surface area contributed by atoms with Crippen molar-refractivity contribution in [3.05, 3.63) is 82.7 Å². The quantitative estimate of drug-likeness (QED) is 0.316. The minimum absolute atomic E-state index is 0.116. The second-order valence-corrected chi connectivity index (χ2v) is 8.75. The van der Waals surface area contributed by atoms with Crippen LogP contribution in [0.5, 0.6) is 11.5 Å². The molecule has 10 heteroatoms. The summed E-state index contributed by atoms with van der Waals surface area (Å²) in [5, 5.41) is 17.4. The molecule has 0 atom stereocenters. The molecule has 0 radical (unpaired) electrons. The number of piperazine rings is 1. The van der Waals surface area contributed by atoms with Crippen molar-refractivity contribution in [2.75, 3.05) is 43.2 Å². The van der Waals surface area contributed by atoms with Gasteiger partial charge in [0.2, 0.25) is 18.4 Å². The maximum atomic E-state index is 12.2. The van der Waals surface area contributed by atoms with Crippen LogP contribution in [0.1, 0.15) is 5.56 Å². The maximum absolute atomic E-state index is 12.2. The van der Waals surface area contributed by atoms with Crippen molar-refractivity contribution in [3.8, 4) is 11.5 Å². The largest absolute Gasteiger partial charge is 0.454 e. The lowest BCUT2D eigenvalue weighted by molar-refractivity contribution is -0.383. The Hall–Kier alpha value is -4.44. The third kappa shape index (κ3) is 4.22. The number of rotatable bonds is 6. The number of fused-ring (bicyclic) bond motifs is 2. The average molecular weight is 485 g/mol. The number of ether oxygens (including phenoxy) is 2. The molecule has 4 aromatic rings. The first-order valence-electron chi connectivity index (χ1n) is 11.8. The molecule has 0 bridgehead atoms. The highest BCUT2D eigenvalue weighted by Gasteiger charge is 2.29. The first-order valence-corrected chi connectivity index (χ1v) is 11.8. The van der Waals surface area contributed by atoms with Gasteiger partial charge in [-0.05, 0) is 29.1 Å². The van der Waals surface area contributed by atoms with E-state index in [0.29, 0.717) is 18.9 Å². The van der Waals surface area contributed by atoms with Crippen LogP contribution < -0.4 is 19.7 Å². The van der Waals surface area contributed by atoms with Gasteiger partial charge < -0.3 is 19.7 Å². The highest BCUT2D eigenvalue weighted by atomic mass is 16.7. The molecule has 0 saturated carbocycles. The molecule has 0 unspecified atom stereocenters. The van der Waals surface area contributed by atoms with Gasteiger partial charge in [0.25, 0.3) is 0 Å². The van der Waals surface area contributed by atoms with E-state index in [1.54, 1.807) is 0 Å². The summed E-state index contributed by atoms with van der Waals surface area (Å²) in [4.78, 5) is 24.6. The van der Waals surface area contributed by atoms with E-state index in [1.807, 2.05) is 65.6 Å². The third-order valence-electron chi connectivity index (χ3n) is 6.54. The number of nitrogens with zero attached hydrogens (tertiary/aromatic N) is 5. The van der Waals surface area contributed by atoms with Crippen LogP contribution in [-0.4, -0.2) is 52.8 Å². The fourth-order valence-electron chi connectivity index (χ4n) is 4.74. The van der Waals surface area contributed by atoms with E-state index in [9.17, 15) is 10.1 Å². The van der Waals surface area contributed by atoms with Crippen LogP contribution in [-0.2, 0) is 6.54 Å². The standard InChI is InChI=1S/C26H24N6O4/c33-32(34)24-25(29-21-7-3-5-19-4-1-2-6-20(19)21)27-16-28-26(24)31-12-10-30(11-13-31)15-18-8-9-22-23(14-18)36-17-35-22/h1-9,14,16H,10-13,15,17H2,(H,27,28,29). The van der Waals surface area contributed by atoms with E-state index in [4.69, 9.17) is 9.47 Å². The van der Waals surface area contributed by atoms with Crippen molar-refractivity contribution in [1.29, 1.82) is 0 Å². The molecule has 10 nitrogen and oxygen atoms in total. The summed E-state index contributed by atoms with van der Waals surface area (Å²) in [6.45, 7) is 3.77. The van der Waals surface area contributed by atoms with E-state index in [0.717, 1.165) is 53.2 Å². The molecule has 182 valence electrons. The van der Waals surface area contributed by atoms with Crippen LogP contribution in [0.3, 0.4) is 0 Å². The van der Waals surface area contributed by atoms with Gasteiger partial charge in [0.15, 0.2) is 11.5 Å². The Morgan fingerprint density at radius 1 is 0.944 bits per heavy atom. The molecule has 0 spiro atoms. The molecule has 0 aliphatic carbocycles. The molecule has 36 heavy (non-hydrogen) atoms. The Balaban J connectivity index is 1.20. The lowest BCUT2D eigenvalue weighted by Crippen LogP contribution is -2.46. The minimum atomic E-state index is -0.401. The predicted octanol–water partition coefficient (Wildman–Crippen LogP) is 4.33. The minimum Gasteiger partial charge on any atom is -0.454 e. The van der Waals surface area contributed by atoms with Gasteiger partial charge in [-0.2, -0.15) is 0 Å². The fraction of sp³-hybridized carbons (Fsp3) is 0.231.